The van der Waals surface area contributed by atoms with Gasteiger partial charge in [0.15, 0.2) is 0 Å². The van der Waals surface area contributed by atoms with E-state index in [2.05, 4.69) is 17.2 Å². The normalized spacial score (nSPS) is 13.8. The van der Waals surface area contributed by atoms with Crippen LogP contribution in [0.4, 0.5) is 4.39 Å². The smallest absolute Gasteiger partial charge is 0.126 e. The van der Waals surface area contributed by atoms with Gasteiger partial charge in [0.1, 0.15) is 5.82 Å². The minimum absolute atomic E-state index is 0.226. The molecule has 0 bridgehead atoms. The molecule has 0 heterocycles. The van der Waals surface area contributed by atoms with Crippen molar-refractivity contribution in [3.05, 3.63) is 40.7 Å². The van der Waals surface area contributed by atoms with Gasteiger partial charge in [0.25, 0.3) is 0 Å². The molecule has 0 saturated carbocycles. The van der Waals surface area contributed by atoms with Gasteiger partial charge in [0.2, 0.25) is 0 Å². The highest BCUT2D eigenvalue weighted by molar-refractivity contribution is 7.79. The van der Waals surface area contributed by atoms with Crippen molar-refractivity contribution in [2.24, 2.45) is 16.0 Å². The molecular weight excluding hydrogens is 247 g/mol. The second kappa shape index (κ2) is 6.05. The lowest BCUT2D eigenvalue weighted by atomic mass is 9.96. The Morgan fingerprint density at radius 3 is 2.44 bits per heavy atom. The SMILES string of the molecule is CC(C(=NS)C(C)C)=C(N)c1ccc(F)c(C)c1. The second-order valence-corrected chi connectivity index (χ2v) is 4.84. The maximum atomic E-state index is 13.2. The van der Waals surface area contributed by atoms with E-state index >= 15 is 0 Å². The largest absolute Gasteiger partial charge is 0.398 e. The quantitative estimate of drug-likeness (QED) is 0.634. The highest BCUT2D eigenvalue weighted by Crippen LogP contribution is 2.20. The number of thiol groups is 1. The summed E-state index contributed by atoms with van der Waals surface area (Å²) in [7, 11) is 0. The van der Waals surface area contributed by atoms with E-state index in [1.807, 2.05) is 20.8 Å². The maximum Gasteiger partial charge on any atom is 0.126 e. The summed E-state index contributed by atoms with van der Waals surface area (Å²) in [5.41, 5.74) is 9.84. The van der Waals surface area contributed by atoms with E-state index < -0.39 is 0 Å². The van der Waals surface area contributed by atoms with Crippen LogP contribution >= 0.6 is 12.8 Å². The molecule has 18 heavy (non-hydrogen) atoms. The molecule has 0 aliphatic heterocycles. The van der Waals surface area contributed by atoms with Gasteiger partial charge >= 0.3 is 0 Å². The predicted octanol–water partition coefficient (Wildman–Crippen LogP) is 3.77. The number of aryl methyl sites for hydroxylation is 1. The Morgan fingerprint density at radius 1 is 1.39 bits per heavy atom. The molecule has 1 aromatic carbocycles. The van der Waals surface area contributed by atoms with Crippen LogP contribution in [0.5, 0.6) is 0 Å². The summed E-state index contributed by atoms with van der Waals surface area (Å²) in [5, 5.41) is 0. The lowest BCUT2D eigenvalue weighted by Crippen LogP contribution is -2.13. The van der Waals surface area contributed by atoms with Crippen LogP contribution in [-0.4, -0.2) is 5.71 Å². The first-order chi connectivity index (χ1) is 8.38. The van der Waals surface area contributed by atoms with Gasteiger partial charge in [-0.25, -0.2) is 8.79 Å². The number of hydrogen-bond acceptors (Lipinski definition) is 3. The Balaban J connectivity index is 3.26. The third-order valence-electron chi connectivity index (χ3n) is 2.91. The van der Waals surface area contributed by atoms with Crippen LogP contribution in [0.25, 0.3) is 5.70 Å². The van der Waals surface area contributed by atoms with Gasteiger partial charge in [-0.05, 0) is 67.5 Å². The van der Waals surface area contributed by atoms with E-state index in [1.165, 1.54) is 6.07 Å². The topological polar surface area (TPSA) is 38.4 Å². The number of nitrogens with zero attached hydrogens (tertiary/aromatic N) is 1. The predicted molar refractivity (Wildman–Crippen MR) is 79.2 cm³/mol. The maximum absolute atomic E-state index is 13.2. The van der Waals surface area contributed by atoms with E-state index in [4.69, 9.17) is 5.73 Å². The van der Waals surface area contributed by atoms with Crippen LogP contribution in [0.15, 0.2) is 28.2 Å². The zero-order valence-corrected chi connectivity index (χ0v) is 12.1. The van der Waals surface area contributed by atoms with E-state index in [0.717, 1.165) is 16.8 Å². The van der Waals surface area contributed by atoms with Crippen LogP contribution in [0.3, 0.4) is 0 Å². The number of hydrogen-bond donors (Lipinski definition) is 2. The Labute approximate surface area is 113 Å². The minimum Gasteiger partial charge on any atom is -0.398 e. The summed E-state index contributed by atoms with van der Waals surface area (Å²) in [4.78, 5) is 0. The van der Waals surface area contributed by atoms with Gasteiger partial charge in [0.05, 0.1) is 5.71 Å². The molecule has 4 heteroatoms. The van der Waals surface area contributed by atoms with Gasteiger partial charge < -0.3 is 5.73 Å². The van der Waals surface area contributed by atoms with Crippen molar-refractivity contribution in [2.45, 2.75) is 27.7 Å². The summed E-state index contributed by atoms with van der Waals surface area (Å²) < 4.78 is 17.2. The van der Waals surface area contributed by atoms with Gasteiger partial charge in [-0.3, -0.25) is 0 Å². The average molecular weight is 266 g/mol. The molecule has 98 valence electrons. The van der Waals surface area contributed by atoms with Crippen molar-refractivity contribution in [2.75, 3.05) is 0 Å². The molecule has 1 rings (SSSR count). The summed E-state index contributed by atoms with van der Waals surface area (Å²) in [6.45, 7) is 7.68. The second-order valence-electron chi connectivity index (χ2n) is 4.64. The number of halogens is 1. The fourth-order valence-electron chi connectivity index (χ4n) is 1.79. The van der Waals surface area contributed by atoms with Crippen LogP contribution in [-0.2, 0) is 0 Å². The molecule has 0 fully saturated rings. The lowest BCUT2D eigenvalue weighted by molar-refractivity contribution is 0.618. The highest BCUT2D eigenvalue weighted by Gasteiger charge is 2.12. The molecule has 2 N–H and O–H groups in total. The van der Waals surface area contributed by atoms with Crippen molar-refractivity contribution < 1.29 is 4.39 Å². The summed E-state index contributed by atoms with van der Waals surface area (Å²) in [6, 6.07) is 4.85. The first-order valence-electron chi connectivity index (χ1n) is 5.83. The van der Waals surface area contributed by atoms with E-state index in [0.29, 0.717) is 11.3 Å². The number of allylic oxidation sites excluding steroid dienone is 1. The molecule has 1 aromatic rings. The van der Waals surface area contributed by atoms with Crippen molar-refractivity contribution in [3.8, 4) is 0 Å². The molecule has 0 amide bonds. The van der Waals surface area contributed by atoms with Crippen LogP contribution in [0.2, 0.25) is 0 Å². The fourth-order valence-corrected chi connectivity index (χ4v) is 2.17. The van der Waals surface area contributed by atoms with Crippen LogP contribution in [0.1, 0.15) is 31.9 Å². The average Bonchev–Trinajstić information content (AvgIpc) is 2.32. The van der Waals surface area contributed by atoms with Gasteiger partial charge in [0, 0.05) is 5.70 Å². The summed E-state index contributed by atoms with van der Waals surface area (Å²) in [6.07, 6.45) is 0. The third-order valence-corrected chi connectivity index (χ3v) is 3.13. The van der Waals surface area contributed by atoms with Crippen molar-refractivity contribution in [1.82, 2.24) is 0 Å². The standard InChI is InChI=1S/C14H19FN2S/c1-8(2)14(17-18)10(4)13(16)11-5-6-12(15)9(3)7-11/h5-8,18H,16H2,1-4H3. The molecule has 0 atom stereocenters. The molecule has 0 spiro atoms. The molecule has 0 aliphatic rings. The Morgan fingerprint density at radius 2 is 2.00 bits per heavy atom. The molecule has 0 aromatic heterocycles. The van der Waals surface area contributed by atoms with Gasteiger partial charge in [-0.2, -0.15) is 0 Å². The Kier molecular flexibility index (Phi) is 4.96. The molecule has 0 radical (unpaired) electrons. The first-order valence-corrected chi connectivity index (χ1v) is 6.23. The van der Waals surface area contributed by atoms with Crippen LogP contribution < -0.4 is 5.73 Å². The molecule has 0 aliphatic carbocycles. The van der Waals surface area contributed by atoms with Crippen LogP contribution in [0, 0.1) is 18.7 Å². The highest BCUT2D eigenvalue weighted by atomic mass is 32.1. The van der Waals surface area contributed by atoms with Gasteiger partial charge in [-0.1, -0.05) is 13.8 Å². The fraction of sp³-hybridized carbons (Fsp3) is 0.357. The first kappa shape index (κ1) is 14.8. The lowest BCUT2D eigenvalue weighted by Gasteiger charge is -2.13. The number of nitrogens with two attached hydrogens (primary N) is 1. The van der Waals surface area contributed by atoms with Gasteiger partial charge in [-0.15, -0.1) is 0 Å². The molecular formula is C14H19FN2S. The minimum atomic E-state index is -0.226. The monoisotopic (exact) mass is 266 g/mol. The molecule has 0 unspecified atom stereocenters. The zero-order chi connectivity index (χ0) is 13.9. The number of rotatable bonds is 3. The van der Waals surface area contributed by atoms with Crippen molar-refractivity contribution >= 4 is 24.2 Å². The zero-order valence-electron chi connectivity index (χ0n) is 11.2. The Bertz CT molecular complexity index is 505. The number of benzene rings is 1. The summed E-state index contributed by atoms with van der Waals surface area (Å²) >= 11 is 3.98. The molecule has 0 saturated heterocycles. The summed E-state index contributed by atoms with van der Waals surface area (Å²) in [5.74, 6) is 0.0127. The van der Waals surface area contributed by atoms with E-state index in [9.17, 15) is 4.39 Å². The third kappa shape index (κ3) is 3.13. The van der Waals surface area contributed by atoms with E-state index in [1.54, 1.807) is 19.1 Å². The Hall–Kier alpha value is -1.29. The molecule has 2 nitrogen and oxygen atoms in total. The van der Waals surface area contributed by atoms with E-state index in [-0.39, 0.29) is 11.7 Å². The van der Waals surface area contributed by atoms with Crippen molar-refractivity contribution in [1.29, 1.82) is 0 Å². The van der Waals surface area contributed by atoms with Crippen molar-refractivity contribution in [3.63, 3.8) is 0 Å².